The van der Waals surface area contributed by atoms with Crippen molar-refractivity contribution in [1.82, 2.24) is 15.1 Å². The number of morpholine rings is 1. The van der Waals surface area contributed by atoms with E-state index in [-0.39, 0.29) is 0 Å². The maximum atomic E-state index is 6.04. The van der Waals surface area contributed by atoms with Crippen molar-refractivity contribution in [2.24, 2.45) is 0 Å². The van der Waals surface area contributed by atoms with Gasteiger partial charge < -0.3 is 10.1 Å². The Bertz CT molecular complexity index is 319. The highest BCUT2D eigenvalue weighted by molar-refractivity contribution is 4.87. The van der Waals surface area contributed by atoms with E-state index in [4.69, 9.17) is 4.74 Å². The Morgan fingerprint density at radius 3 is 2.76 bits per heavy atom. The van der Waals surface area contributed by atoms with Crippen LogP contribution in [0.15, 0.2) is 0 Å². The minimum atomic E-state index is 0.405. The van der Waals surface area contributed by atoms with E-state index < -0.39 is 0 Å². The number of piperidine rings is 1. The number of likely N-dealkylation sites (tertiary alicyclic amines) is 1. The van der Waals surface area contributed by atoms with Crippen LogP contribution in [0.4, 0.5) is 0 Å². The quantitative estimate of drug-likeness (QED) is 0.807. The largest absolute Gasteiger partial charge is 0.374 e. The first kappa shape index (κ1) is 15.7. The van der Waals surface area contributed by atoms with E-state index in [1.54, 1.807) is 0 Å². The lowest BCUT2D eigenvalue weighted by Gasteiger charge is -2.41. The molecule has 3 rings (SSSR count). The zero-order chi connectivity index (χ0) is 14.7. The fourth-order valence-corrected chi connectivity index (χ4v) is 3.70. The van der Waals surface area contributed by atoms with Crippen LogP contribution in [-0.2, 0) is 4.74 Å². The average Bonchev–Trinajstić information content (AvgIpc) is 3.31. The van der Waals surface area contributed by atoms with Crippen LogP contribution >= 0.6 is 0 Å². The van der Waals surface area contributed by atoms with Gasteiger partial charge in [0.15, 0.2) is 0 Å². The molecule has 1 saturated carbocycles. The van der Waals surface area contributed by atoms with Gasteiger partial charge in [-0.25, -0.2) is 0 Å². The molecule has 2 saturated heterocycles. The molecule has 4 nitrogen and oxygen atoms in total. The van der Waals surface area contributed by atoms with Gasteiger partial charge in [-0.1, -0.05) is 6.42 Å². The number of hydrogen-bond acceptors (Lipinski definition) is 4. The monoisotopic (exact) mass is 295 g/mol. The van der Waals surface area contributed by atoms with E-state index in [0.717, 1.165) is 38.3 Å². The van der Waals surface area contributed by atoms with Gasteiger partial charge in [0.1, 0.15) is 0 Å². The Labute approximate surface area is 130 Å². The SMILES string of the molecule is CC(C)N1CCOC(CN2CCCCC2CNC2CC2)C1. The highest BCUT2D eigenvalue weighted by atomic mass is 16.5. The summed E-state index contributed by atoms with van der Waals surface area (Å²) in [5, 5.41) is 3.73. The second-order valence-electron chi connectivity index (χ2n) is 7.41. The van der Waals surface area contributed by atoms with Gasteiger partial charge in [0.05, 0.1) is 12.7 Å². The van der Waals surface area contributed by atoms with Gasteiger partial charge >= 0.3 is 0 Å². The first-order valence-electron chi connectivity index (χ1n) is 9.05. The van der Waals surface area contributed by atoms with Crippen LogP contribution in [0.3, 0.4) is 0 Å². The molecule has 1 N–H and O–H groups in total. The van der Waals surface area contributed by atoms with Crippen molar-refractivity contribution in [2.75, 3.05) is 39.3 Å². The maximum absolute atomic E-state index is 6.04. The summed E-state index contributed by atoms with van der Waals surface area (Å²) in [5.41, 5.74) is 0. The van der Waals surface area contributed by atoms with Crippen LogP contribution in [0, 0.1) is 0 Å². The van der Waals surface area contributed by atoms with Crippen LogP contribution in [0.5, 0.6) is 0 Å². The van der Waals surface area contributed by atoms with Crippen molar-refractivity contribution in [3.05, 3.63) is 0 Å². The molecular formula is C17H33N3O. The number of hydrogen-bond donors (Lipinski definition) is 1. The third kappa shape index (κ3) is 4.65. The minimum absolute atomic E-state index is 0.405. The van der Waals surface area contributed by atoms with Crippen LogP contribution in [0.1, 0.15) is 46.0 Å². The third-order valence-electron chi connectivity index (χ3n) is 5.31. The maximum Gasteiger partial charge on any atom is 0.0829 e. The smallest absolute Gasteiger partial charge is 0.0829 e. The van der Waals surface area contributed by atoms with Crippen molar-refractivity contribution in [2.45, 2.75) is 70.2 Å². The van der Waals surface area contributed by atoms with E-state index in [1.807, 2.05) is 0 Å². The summed E-state index contributed by atoms with van der Waals surface area (Å²) in [7, 11) is 0. The molecule has 0 bridgehead atoms. The Morgan fingerprint density at radius 2 is 2.00 bits per heavy atom. The second-order valence-corrected chi connectivity index (χ2v) is 7.41. The number of rotatable bonds is 6. The molecule has 0 aromatic heterocycles. The molecule has 3 fully saturated rings. The van der Waals surface area contributed by atoms with E-state index in [1.165, 1.54) is 45.2 Å². The molecule has 4 heteroatoms. The summed E-state index contributed by atoms with van der Waals surface area (Å²) in [6.45, 7) is 11.3. The topological polar surface area (TPSA) is 27.7 Å². The highest BCUT2D eigenvalue weighted by Gasteiger charge is 2.30. The molecule has 0 aromatic carbocycles. The normalized spacial score (nSPS) is 32.7. The summed E-state index contributed by atoms with van der Waals surface area (Å²) >= 11 is 0. The van der Waals surface area contributed by atoms with Gasteiger partial charge in [-0.05, 0) is 46.1 Å². The minimum Gasteiger partial charge on any atom is -0.374 e. The molecule has 0 spiro atoms. The zero-order valence-corrected chi connectivity index (χ0v) is 13.9. The van der Waals surface area contributed by atoms with Gasteiger partial charge in [0.25, 0.3) is 0 Å². The molecule has 2 aliphatic heterocycles. The van der Waals surface area contributed by atoms with Crippen molar-refractivity contribution in [1.29, 1.82) is 0 Å². The fourth-order valence-electron chi connectivity index (χ4n) is 3.70. The van der Waals surface area contributed by atoms with E-state index in [9.17, 15) is 0 Å². The van der Waals surface area contributed by atoms with Crippen molar-refractivity contribution in [3.63, 3.8) is 0 Å². The summed E-state index contributed by atoms with van der Waals surface area (Å²) in [4.78, 5) is 5.27. The van der Waals surface area contributed by atoms with Crippen molar-refractivity contribution >= 4 is 0 Å². The van der Waals surface area contributed by atoms with Crippen LogP contribution in [0.25, 0.3) is 0 Å². The lowest BCUT2D eigenvalue weighted by molar-refractivity contribution is -0.0598. The molecule has 0 radical (unpaired) electrons. The highest BCUT2D eigenvalue weighted by Crippen LogP contribution is 2.22. The standard InChI is InChI=1S/C17H33N3O/c1-14(2)19-9-10-21-17(12-19)13-20-8-4-3-5-16(20)11-18-15-6-7-15/h14-18H,3-13H2,1-2H3. The summed E-state index contributed by atoms with van der Waals surface area (Å²) in [6.07, 6.45) is 7.31. The molecule has 2 atom stereocenters. The molecule has 21 heavy (non-hydrogen) atoms. The van der Waals surface area contributed by atoms with Crippen molar-refractivity contribution < 1.29 is 4.74 Å². The van der Waals surface area contributed by atoms with Crippen LogP contribution in [-0.4, -0.2) is 73.4 Å². The van der Waals surface area contributed by atoms with E-state index >= 15 is 0 Å². The summed E-state index contributed by atoms with van der Waals surface area (Å²) in [5.74, 6) is 0. The third-order valence-corrected chi connectivity index (χ3v) is 5.31. The van der Waals surface area contributed by atoms with Gasteiger partial charge in [0, 0.05) is 44.3 Å². The molecular weight excluding hydrogens is 262 g/mol. The lowest BCUT2D eigenvalue weighted by Crippen LogP contribution is -2.54. The molecule has 122 valence electrons. The van der Waals surface area contributed by atoms with Gasteiger partial charge in [-0.2, -0.15) is 0 Å². The number of nitrogens with zero attached hydrogens (tertiary/aromatic N) is 2. The first-order chi connectivity index (χ1) is 10.2. The zero-order valence-electron chi connectivity index (χ0n) is 13.9. The molecule has 1 aliphatic carbocycles. The lowest BCUT2D eigenvalue weighted by atomic mass is 10.0. The average molecular weight is 295 g/mol. The number of nitrogens with one attached hydrogen (secondary N) is 1. The molecule has 0 aromatic rings. The van der Waals surface area contributed by atoms with Gasteiger partial charge in [-0.15, -0.1) is 0 Å². The van der Waals surface area contributed by atoms with Crippen LogP contribution in [0.2, 0.25) is 0 Å². The number of ether oxygens (including phenoxy) is 1. The Kier molecular flexibility index (Phi) is 5.54. The fraction of sp³-hybridized carbons (Fsp3) is 1.00. The molecule has 2 heterocycles. The molecule has 2 unspecified atom stereocenters. The Morgan fingerprint density at radius 1 is 1.14 bits per heavy atom. The van der Waals surface area contributed by atoms with E-state index in [2.05, 4.69) is 29.0 Å². The molecule has 0 amide bonds. The summed E-state index contributed by atoms with van der Waals surface area (Å²) < 4.78 is 6.04. The predicted octanol–water partition coefficient (Wildman–Crippen LogP) is 1.70. The Hall–Kier alpha value is -0.160. The van der Waals surface area contributed by atoms with Crippen molar-refractivity contribution in [3.8, 4) is 0 Å². The van der Waals surface area contributed by atoms with E-state index in [0.29, 0.717) is 12.1 Å². The second kappa shape index (κ2) is 7.40. The Balaban J connectivity index is 1.48. The van der Waals surface area contributed by atoms with Crippen LogP contribution < -0.4 is 5.32 Å². The predicted molar refractivity (Wildman–Crippen MR) is 86.7 cm³/mol. The first-order valence-corrected chi connectivity index (χ1v) is 9.05. The van der Waals surface area contributed by atoms with Gasteiger partial charge in [-0.3, -0.25) is 9.80 Å². The van der Waals surface area contributed by atoms with Gasteiger partial charge in [0.2, 0.25) is 0 Å². The summed E-state index contributed by atoms with van der Waals surface area (Å²) in [6, 6.07) is 2.21. The molecule has 3 aliphatic rings.